The van der Waals surface area contributed by atoms with Gasteiger partial charge in [-0.05, 0) is 24.3 Å². The first-order chi connectivity index (χ1) is 10.6. The Labute approximate surface area is 136 Å². The van der Waals surface area contributed by atoms with Crippen LogP contribution in [0.15, 0.2) is 64.6 Å². The predicted molar refractivity (Wildman–Crippen MR) is 87.0 cm³/mol. The molecule has 108 valence electrons. The second kappa shape index (κ2) is 5.87. The van der Waals surface area contributed by atoms with Crippen LogP contribution in [-0.2, 0) is 0 Å². The lowest BCUT2D eigenvalue weighted by atomic mass is 9.94. The van der Waals surface area contributed by atoms with Gasteiger partial charge in [0.25, 0.3) is 5.91 Å². The highest BCUT2D eigenvalue weighted by Gasteiger charge is 2.23. The van der Waals surface area contributed by atoms with E-state index in [1.54, 1.807) is 48.5 Å². The summed E-state index contributed by atoms with van der Waals surface area (Å²) in [5, 5.41) is 0.496. The fourth-order valence-electron chi connectivity index (χ4n) is 2.18. The second-order valence-corrected chi connectivity index (χ2v) is 5.52. The summed E-state index contributed by atoms with van der Waals surface area (Å²) in [5.74, 6) is -0.714. The Hall–Kier alpha value is -2.23. The summed E-state index contributed by atoms with van der Waals surface area (Å²) >= 11 is 11.8. The summed E-state index contributed by atoms with van der Waals surface area (Å²) in [4.78, 5) is 28.3. The van der Waals surface area contributed by atoms with Gasteiger partial charge in [0, 0.05) is 21.7 Å². The zero-order valence-electron chi connectivity index (χ0n) is 11.2. The highest BCUT2D eigenvalue weighted by molar-refractivity contribution is 6.49. The second-order valence-electron chi connectivity index (χ2n) is 4.68. The number of aliphatic imine (C=N–C) groups is 1. The molecule has 2 aromatic rings. The first-order valence-corrected chi connectivity index (χ1v) is 7.22. The van der Waals surface area contributed by atoms with Gasteiger partial charge in [-0.1, -0.05) is 53.5 Å². The molecule has 0 bridgehead atoms. The van der Waals surface area contributed by atoms with Crippen molar-refractivity contribution in [3.63, 3.8) is 0 Å². The number of fused-ring (bicyclic) bond motifs is 1. The van der Waals surface area contributed by atoms with Crippen LogP contribution in [0.4, 0.5) is 0 Å². The molecule has 0 aliphatic heterocycles. The average molecular weight is 330 g/mol. The molecule has 3 rings (SSSR count). The zero-order valence-corrected chi connectivity index (χ0v) is 12.7. The number of rotatable bonds is 1. The van der Waals surface area contributed by atoms with Gasteiger partial charge in [0.1, 0.15) is 0 Å². The van der Waals surface area contributed by atoms with Crippen LogP contribution in [0.1, 0.15) is 26.3 Å². The van der Waals surface area contributed by atoms with Gasteiger partial charge in [-0.2, -0.15) is 0 Å². The summed E-state index contributed by atoms with van der Waals surface area (Å²) in [7, 11) is 0. The van der Waals surface area contributed by atoms with Gasteiger partial charge in [0.15, 0.2) is 0 Å². The largest absolute Gasteiger partial charge is 0.288 e. The van der Waals surface area contributed by atoms with Crippen LogP contribution < -0.4 is 0 Å². The van der Waals surface area contributed by atoms with Crippen LogP contribution in [0.3, 0.4) is 0 Å². The third-order valence-electron chi connectivity index (χ3n) is 3.22. The Morgan fingerprint density at radius 3 is 2.41 bits per heavy atom. The van der Waals surface area contributed by atoms with Gasteiger partial charge in [0.05, 0.1) is 10.7 Å². The fourth-order valence-corrected chi connectivity index (χ4v) is 2.58. The van der Waals surface area contributed by atoms with Crippen LogP contribution in [-0.4, -0.2) is 17.4 Å². The first kappa shape index (κ1) is 14.7. The maximum absolute atomic E-state index is 12.3. The van der Waals surface area contributed by atoms with Crippen molar-refractivity contribution >= 4 is 40.6 Å². The number of allylic oxidation sites excluding steroid dienone is 2. The Morgan fingerprint density at radius 2 is 1.68 bits per heavy atom. The van der Waals surface area contributed by atoms with Crippen molar-refractivity contribution in [1.29, 1.82) is 0 Å². The van der Waals surface area contributed by atoms with E-state index in [1.165, 1.54) is 6.08 Å². The molecule has 0 spiro atoms. The van der Waals surface area contributed by atoms with Crippen molar-refractivity contribution in [3.8, 4) is 0 Å². The number of hydrogen-bond donors (Lipinski definition) is 0. The SMILES string of the molecule is O=C(N=C1C=C(Cl)C(=O)c2ccccc21)c1cccc(Cl)c1. The maximum atomic E-state index is 12.3. The minimum absolute atomic E-state index is 0.0383. The Bertz CT molecular complexity index is 853. The normalized spacial score (nSPS) is 15.5. The van der Waals surface area contributed by atoms with Crippen molar-refractivity contribution in [2.45, 2.75) is 0 Å². The third kappa shape index (κ3) is 2.73. The first-order valence-electron chi connectivity index (χ1n) is 6.46. The molecule has 0 unspecified atom stereocenters. The van der Waals surface area contributed by atoms with Crippen LogP contribution in [0.2, 0.25) is 5.02 Å². The quantitative estimate of drug-likeness (QED) is 0.783. The number of amides is 1. The van der Waals surface area contributed by atoms with Crippen molar-refractivity contribution in [2.24, 2.45) is 4.99 Å². The van der Waals surface area contributed by atoms with Gasteiger partial charge in [0.2, 0.25) is 5.78 Å². The fraction of sp³-hybridized carbons (Fsp3) is 0. The number of carbonyl (C=O) groups excluding carboxylic acids is 2. The molecule has 0 saturated heterocycles. The van der Waals surface area contributed by atoms with E-state index in [-0.39, 0.29) is 10.8 Å². The lowest BCUT2D eigenvalue weighted by Crippen LogP contribution is -2.16. The highest BCUT2D eigenvalue weighted by Crippen LogP contribution is 2.24. The molecule has 0 radical (unpaired) electrons. The number of Topliss-reactive ketones (excluding diaryl/α,β-unsaturated/α-hetero) is 1. The lowest BCUT2D eigenvalue weighted by molar-refractivity contribution is 0.0999. The number of ketones is 1. The summed E-state index contributed by atoms with van der Waals surface area (Å²) in [5.41, 5.74) is 1.77. The van der Waals surface area contributed by atoms with E-state index in [4.69, 9.17) is 23.2 Å². The third-order valence-corrected chi connectivity index (χ3v) is 3.74. The number of nitrogens with zero attached hydrogens (tertiary/aromatic N) is 1. The predicted octanol–water partition coefficient (Wildman–Crippen LogP) is 4.29. The molecule has 22 heavy (non-hydrogen) atoms. The number of benzene rings is 2. The summed E-state index contributed by atoms with van der Waals surface area (Å²) < 4.78 is 0. The molecular weight excluding hydrogens is 321 g/mol. The molecular formula is C17H9Cl2NO2. The van der Waals surface area contributed by atoms with Crippen molar-refractivity contribution in [3.05, 3.63) is 81.4 Å². The smallest absolute Gasteiger partial charge is 0.277 e. The molecule has 0 heterocycles. The lowest BCUT2D eigenvalue weighted by Gasteiger charge is -2.13. The van der Waals surface area contributed by atoms with Crippen LogP contribution >= 0.6 is 23.2 Å². The Kier molecular flexibility index (Phi) is 3.92. The summed E-state index contributed by atoms with van der Waals surface area (Å²) in [6.45, 7) is 0. The van der Waals surface area contributed by atoms with Crippen LogP contribution in [0.5, 0.6) is 0 Å². The molecule has 0 saturated carbocycles. The minimum Gasteiger partial charge on any atom is -0.288 e. The van der Waals surface area contributed by atoms with Gasteiger partial charge >= 0.3 is 0 Å². The van der Waals surface area contributed by atoms with E-state index in [0.29, 0.717) is 27.4 Å². The summed E-state index contributed by atoms with van der Waals surface area (Å²) in [6, 6.07) is 13.4. The van der Waals surface area contributed by atoms with E-state index < -0.39 is 5.91 Å². The molecule has 1 amide bonds. The van der Waals surface area contributed by atoms with Crippen LogP contribution in [0, 0.1) is 0 Å². The highest BCUT2D eigenvalue weighted by atomic mass is 35.5. The van der Waals surface area contributed by atoms with Crippen molar-refractivity contribution < 1.29 is 9.59 Å². The van der Waals surface area contributed by atoms with Gasteiger partial charge in [-0.3, -0.25) is 9.59 Å². The van der Waals surface area contributed by atoms with E-state index in [2.05, 4.69) is 4.99 Å². The van der Waals surface area contributed by atoms with Crippen molar-refractivity contribution in [2.75, 3.05) is 0 Å². The van der Waals surface area contributed by atoms with Gasteiger partial charge in [-0.25, -0.2) is 4.99 Å². The Morgan fingerprint density at radius 1 is 0.955 bits per heavy atom. The standard InChI is InChI=1S/C17H9Cl2NO2/c18-11-5-3-4-10(8-11)17(22)20-15-9-14(19)16(21)13-7-2-1-6-12(13)15/h1-9H. The molecule has 0 N–H and O–H groups in total. The molecule has 3 nitrogen and oxygen atoms in total. The molecule has 2 aromatic carbocycles. The molecule has 0 aromatic heterocycles. The molecule has 5 heteroatoms. The maximum Gasteiger partial charge on any atom is 0.277 e. The zero-order chi connectivity index (χ0) is 15.7. The number of carbonyl (C=O) groups is 2. The molecule has 0 atom stereocenters. The molecule has 1 aliphatic rings. The summed E-state index contributed by atoms with van der Waals surface area (Å²) in [6.07, 6.45) is 1.41. The van der Waals surface area contributed by atoms with Gasteiger partial charge in [-0.15, -0.1) is 0 Å². The minimum atomic E-state index is -0.442. The van der Waals surface area contributed by atoms with Crippen molar-refractivity contribution in [1.82, 2.24) is 0 Å². The van der Waals surface area contributed by atoms with E-state index in [1.807, 2.05) is 0 Å². The molecule has 1 aliphatic carbocycles. The topological polar surface area (TPSA) is 46.5 Å². The monoisotopic (exact) mass is 329 g/mol. The number of hydrogen-bond acceptors (Lipinski definition) is 2. The van der Waals surface area contributed by atoms with Gasteiger partial charge < -0.3 is 0 Å². The van der Waals surface area contributed by atoms with Crippen LogP contribution in [0.25, 0.3) is 0 Å². The molecule has 0 fully saturated rings. The van der Waals surface area contributed by atoms with E-state index >= 15 is 0 Å². The number of halogens is 2. The Balaban J connectivity index is 2.07. The van der Waals surface area contributed by atoms with E-state index in [0.717, 1.165) is 0 Å². The van der Waals surface area contributed by atoms with E-state index in [9.17, 15) is 9.59 Å². The average Bonchev–Trinajstić information content (AvgIpc) is 2.52.